The van der Waals surface area contributed by atoms with Crippen LogP contribution in [0, 0.1) is 0 Å². The van der Waals surface area contributed by atoms with Crippen LogP contribution in [0.1, 0.15) is 26.3 Å². The van der Waals surface area contributed by atoms with Gasteiger partial charge in [-0.05, 0) is 51.2 Å². The fourth-order valence-corrected chi connectivity index (χ4v) is 5.85. The largest absolute Gasteiger partial charge is 0.331 e. The third kappa shape index (κ3) is 5.92. The van der Waals surface area contributed by atoms with Crippen molar-refractivity contribution in [2.75, 3.05) is 17.6 Å². The molecule has 10 heteroatoms. The van der Waals surface area contributed by atoms with Gasteiger partial charge >= 0.3 is 0 Å². The highest BCUT2D eigenvalue weighted by atomic mass is 79.9. The predicted octanol–water partition coefficient (Wildman–Crippen LogP) is 3.26. The van der Waals surface area contributed by atoms with Gasteiger partial charge in [0.1, 0.15) is 5.50 Å². The summed E-state index contributed by atoms with van der Waals surface area (Å²) in [5.74, 6) is -0.718. The van der Waals surface area contributed by atoms with E-state index in [1.807, 2.05) is 39.0 Å². The van der Waals surface area contributed by atoms with E-state index < -0.39 is 26.5 Å². The lowest BCUT2D eigenvalue weighted by Crippen LogP contribution is -2.59. The number of amides is 2. The topological polar surface area (TPSA) is 104 Å². The molecule has 0 aliphatic carbocycles. The molecule has 2 unspecified atom stereocenters. The number of para-hydroxylation sites is 1. The fraction of sp³-hybridized carbons (Fsp3) is 0.364. The highest BCUT2D eigenvalue weighted by Gasteiger charge is 2.38. The molecule has 2 aromatic carbocycles. The molecule has 0 spiro atoms. The van der Waals surface area contributed by atoms with E-state index in [0.717, 1.165) is 10.0 Å². The first-order chi connectivity index (χ1) is 15.0. The lowest BCUT2D eigenvalue weighted by molar-refractivity contribution is -0.122. The number of nitrogens with one attached hydrogen (secondary N) is 3. The van der Waals surface area contributed by atoms with Gasteiger partial charge in [0.25, 0.3) is 0 Å². The first-order valence-corrected chi connectivity index (χ1v) is 13.4. The normalized spacial score (nSPS) is 19.3. The molecule has 1 aliphatic heterocycles. The van der Waals surface area contributed by atoms with Gasteiger partial charge in [-0.15, -0.1) is 11.8 Å². The average molecular weight is 541 g/mol. The van der Waals surface area contributed by atoms with E-state index in [-0.39, 0.29) is 28.5 Å². The van der Waals surface area contributed by atoms with Gasteiger partial charge in [0.05, 0.1) is 16.3 Å². The van der Waals surface area contributed by atoms with Gasteiger partial charge in [0, 0.05) is 11.0 Å². The number of hydrogen-bond acceptors (Lipinski definition) is 6. The van der Waals surface area contributed by atoms with Crippen LogP contribution >= 0.6 is 27.7 Å². The molecule has 1 fully saturated rings. The van der Waals surface area contributed by atoms with E-state index in [9.17, 15) is 18.0 Å². The Morgan fingerprint density at radius 3 is 2.41 bits per heavy atom. The summed E-state index contributed by atoms with van der Waals surface area (Å²) in [7, 11) is -3.84. The van der Waals surface area contributed by atoms with Crippen LogP contribution in [-0.2, 0) is 24.8 Å². The molecule has 172 valence electrons. The molecule has 1 heterocycles. The third-order valence-corrected chi connectivity index (χ3v) is 8.80. The van der Waals surface area contributed by atoms with Crippen molar-refractivity contribution in [3.63, 3.8) is 0 Å². The molecule has 0 radical (unpaired) electrons. The molecule has 2 amide bonds. The zero-order chi connectivity index (χ0) is 23.5. The lowest BCUT2D eigenvalue weighted by atomic mass is 9.87. The molecule has 2 atom stereocenters. The number of carbonyl (C=O) groups excluding carboxylic acids is 2. The van der Waals surface area contributed by atoms with Gasteiger partial charge in [0.2, 0.25) is 11.8 Å². The SMILES string of the molecule is CC(C)(C)c1ccc(S(=O)(=O)C2CNC(SCC(=O)Nc3ccccc3Br)NC2=O)cc1. The summed E-state index contributed by atoms with van der Waals surface area (Å²) in [4.78, 5) is 24.9. The molecule has 3 rings (SSSR count). The minimum absolute atomic E-state index is 0.0291. The van der Waals surface area contributed by atoms with Crippen LogP contribution in [0.3, 0.4) is 0 Å². The van der Waals surface area contributed by atoms with Gasteiger partial charge in [-0.3, -0.25) is 14.9 Å². The fourth-order valence-electron chi connectivity index (χ4n) is 3.15. The molecule has 1 saturated heterocycles. The van der Waals surface area contributed by atoms with E-state index in [2.05, 4.69) is 31.9 Å². The van der Waals surface area contributed by atoms with Crippen molar-refractivity contribution >= 4 is 55.0 Å². The Morgan fingerprint density at radius 2 is 1.81 bits per heavy atom. The van der Waals surface area contributed by atoms with Crippen LogP contribution in [0.25, 0.3) is 0 Å². The van der Waals surface area contributed by atoms with E-state index in [4.69, 9.17) is 0 Å². The number of benzene rings is 2. The Bertz CT molecular complexity index is 1100. The standard InChI is InChI=1S/C22H26BrN3O4S2/c1-22(2,3)14-8-10-15(11-9-14)32(29,30)18-12-24-21(26-20(18)28)31-13-19(27)25-17-7-5-4-6-16(17)23/h4-11,18,21,24H,12-13H2,1-3H3,(H,25,27)(H,26,28). The summed E-state index contributed by atoms with van der Waals surface area (Å²) in [6.07, 6.45) is 0. The van der Waals surface area contributed by atoms with E-state index in [1.54, 1.807) is 30.3 Å². The van der Waals surface area contributed by atoms with Gasteiger partial charge in [0.15, 0.2) is 15.1 Å². The van der Waals surface area contributed by atoms with Crippen LogP contribution in [0.2, 0.25) is 0 Å². The second kappa shape index (κ2) is 9.94. The molecule has 32 heavy (non-hydrogen) atoms. The molecular formula is C22H26BrN3O4S2. The summed E-state index contributed by atoms with van der Waals surface area (Å²) in [5.41, 5.74) is 1.02. The van der Waals surface area contributed by atoms with Gasteiger partial charge in [-0.1, -0.05) is 45.0 Å². The molecule has 0 aromatic heterocycles. The minimum Gasteiger partial charge on any atom is -0.331 e. The zero-order valence-electron chi connectivity index (χ0n) is 18.0. The Balaban J connectivity index is 1.57. The maximum absolute atomic E-state index is 13.0. The van der Waals surface area contributed by atoms with E-state index >= 15 is 0 Å². The number of halogens is 1. The molecular weight excluding hydrogens is 514 g/mol. The van der Waals surface area contributed by atoms with Crippen LogP contribution in [0.5, 0.6) is 0 Å². The van der Waals surface area contributed by atoms with Gasteiger partial charge in [-0.25, -0.2) is 8.42 Å². The van der Waals surface area contributed by atoms with Crippen LogP contribution in [0.15, 0.2) is 57.9 Å². The molecule has 3 N–H and O–H groups in total. The molecule has 7 nitrogen and oxygen atoms in total. The monoisotopic (exact) mass is 539 g/mol. The predicted molar refractivity (Wildman–Crippen MR) is 131 cm³/mol. The maximum atomic E-state index is 13.0. The summed E-state index contributed by atoms with van der Waals surface area (Å²) in [6.45, 7) is 6.11. The summed E-state index contributed by atoms with van der Waals surface area (Å²) >= 11 is 4.55. The van der Waals surface area contributed by atoms with Crippen molar-refractivity contribution in [2.24, 2.45) is 0 Å². The van der Waals surface area contributed by atoms with Gasteiger partial charge < -0.3 is 10.6 Å². The molecule has 1 aliphatic rings. The van der Waals surface area contributed by atoms with Crippen molar-refractivity contribution in [3.8, 4) is 0 Å². The van der Waals surface area contributed by atoms with E-state index in [1.165, 1.54) is 11.8 Å². The Kier molecular flexibility index (Phi) is 7.69. The summed E-state index contributed by atoms with van der Waals surface area (Å²) < 4.78 is 26.8. The van der Waals surface area contributed by atoms with Crippen LogP contribution in [-0.4, -0.2) is 43.3 Å². The number of carbonyl (C=O) groups is 2. The Labute approximate surface area is 201 Å². The number of hydrogen-bond donors (Lipinski definition) is 3. The smallest absolute Gasteiger partial charge is 0.241 e. The van der Waals surface area contributed by atoms with E-state index in [0.29, 0.717) is 5.69 Å². The second-order valence-electron chi connectivity index (χ2n) is 8.44. The second-order valence-corrected chi connectivity index (χ2v) is 12.5. The molecule has 2 aromatic rings. The van der Waals surface area contributed by atoms with Crippen molar-refractivity contribution in [1.82, 2.24) is 10.6 Å². The van der Waals surface area contributed by atoms with Crippen molar-refractivity contribution in [2.45, 2.75) is 41.8 Å². The molecule has 0 bridgehead atoms. The summed E-state index contributed by atoms with van der Waals surface area (Å²) in [5, 5.41) is 7.22. The lowest BCUT2D eigenvalue weighted by Gasteiger charge is -2.29. The van der Waals surface area contributed by atoms with Crippen molar-refractivity contribution < 1.29 is 18.0 Å². The minimum atomic E-state index is -3.84. The first-order valence-electron chi connectivity index (χ1n) is 10.0. The average Bonchev–Trinajstić information content (AvgIpc) is 2.73. The quantitative estimate of drug-likeness (QED) is 0.520. The third-order valence-electron chi connectivity index (χ3n) is 5.01. The van der Waals surface area contributed by atoms with Gasteiger partial charge in [-0.2, -0.15) is 0 Å². The Hall–Kier alpha value is -1.88. The highest BCUT2D eigenvalue weighted by molar-refractivity contribution is 9.10. The number of thioether (sulfide) groups is 1. The maximum Gasteiger partial charge on any atom is 0.241 e. The van der Waals surface area contributed by atoms with Crippen molar-refractivity contribution in [1.29, 1.82) is 0 Å². The number of anilines is 1. The molecule has 0 saturated carbocycles. The number of rotatable bonds is 6. The van der Waals surface area contributed by atoms with Crippen LogP contribution in [0.4, 0.5) is 5.69 Å². The number of sulfone groups is 1. The van der Waals surface area contributed by atoms with Crippen LogP contribution < -0.4 is 16.0 Å². The Morgan fingerprint density at radius 1 is 1.16 bits per heavy atom. The highest BCUT2D eigenvalue weighted by Crippen LogP contribution is 2.26. The summed E-state index contributed by atoms with van der Waals surface area (Å²) in [6, 6.07) is 13.9. The van der Waals surface area contributed by atoms with Crippen molar-refractivity contribution in [3.05, 3.63) is 58.6 Å². The first kappa shape index (κ1) is 24.8. The zero-order valence-corrected chi connectivity index (χ0v) is 21.2.